The van der Waals surface area contributed by atoms with E-state index in [4.69, 9.17) is 4.74 Å². The molecule has 0 bridgehead atoms. The second kappa shape index (κ2) is 6.50. The lowest BCUT2D eigenvalue weighted by atomic mass is 9.96. The fourth-order valence-corrected chi connectivity index (χ4v) is 3.95. The second-order valence-electron chi connectivity index (χ2n) is 6.24. The number of benzene rings is 2. The maximum Gasteiger partial charge on any atom is 0.130 e. The monoisotopic (exact) mass is 369 g/mol. The molecule has 0 aromatic heterocycles. The van der Waals surface area contributed by atoms with Crippen LogP contribution in [0.3, 0.4) is 0 Å². The number of halogens is 1. The van der Waals surface area contributed by atoms with Crippen LogP contribution < -0.4 is 4.74 Å². The summed E-state index contributed by atoms with van der Waals surface area (Å²) >= 11 is 3.65. The van der Waals surface area contributed by atoms with Gasteiger partial charge < -0.3 is 4.74 Å². The topological polar surface area (TPSA) is 12.5 Å². The van der Waals surface area contributed by atoms with E-state index in [0.29, 0.717) is 0 Å². The molecule has 4 rings (SSSR count). The van der Waals surface area contributed by atoms with Crippen LogP contribution in [0.5, 0.6) is 5.75 Å². The molecule has 2 aliphatic heterocycles. The smallest absolute Gasteiger partial charge is 0.130 e. The van der Waals surface area contributed by atoms with E-state index in [-0.39, 0.29) is 0 Å². The molecule has 3 heteroatoms. The SMILES string of the molecule is Brc1cc2c(c(C3=CCN(Cc4ccccc4)CC3)c1)OCC2. The third-order valence-electron chi connectivity index (χ3n) is 4.64. The summed E-state index contributed by atoms with van der Waals surface area (Å²) in [6.45, 7) is 3.94. The standard InChI is InChI=1S/C20H20BrNO/c21-18-12-17-8-11-23-20(17)19(13-18)16-6-9-22(10-7-16)14-15-4-2-1-3-5-15/h1-6,12-13H,7-11,14H2. The number of ether oxygens (including phenoxy) is 1. The van der Waals surface area contributed by atoms with Crippen molar-refractivity contribution in [2.75, 3.05) is 19.7 Å². The summed E-state index contributed by atoms with van der Waals surface area (Å²) in [5.41, 5.74) is 5.43. The summed E-state index contributed by atoms with van der Waals surface area (Å²) in [6.07, 6.45) is 4.48. The van der Waals surface area contributed by atoms with Gasteiger partial charge >= 0.3 is 0 Å². The Morgan fingerprint density at radius 3 is 2.74 bits per heavy atom. The summed E-state index contributed by atoms with van der Waals surface area (Å²) in [7, 11) is 0. The van der Waals surface area contributed by atoms with Crippen LogP contribution >= 0.6 is 15.9 Å². The maximum absolute atomic E-state index is 5.89. The molecule has 0 unspecified atom stereocenters. The fourth-order valence-electron chi connectivity index (χ4n) is 3.45. The fraction of sp³-hybridized carbons (Fsp3) is 0.300. The van der Waals surface area contributed by atoms with Gasteiger partial charge in [0.1, 0.15) is 5.75 Å². The second-order valence-corrected chi connectivity index (χ2v) is 7.16. The molecule has 23 heavy (non-hydrogen) atoms. The molecule has 0 saturated heterocycles. The molecule has 0 radical (unpaired) electrons. The minimum absolute atomic E-state index is 0.812. The number of nitrogens with zero attached hydrogens (tertiary/aromatic N) is 1. The van der Waals surface area contributed by atoms with Gasteiger partial charge in [-0.05, 0) is 35.3 Å². The van der Waals surface area contributed by atoms with Crippen molar-refractivity contribution in [1.82, 2.24) is 4.90 Å². The quantitative estimate of drug-likeness (QED) is 0.778. The Labute approximate surface area is 145 Å². The van der Waals surface area contributed by atoms with Crippen molar-refractivity contribution in [1.29, 1.82) is 0 Å². The average molecular weight is 370 g/mol. The molecule has 0 atom stereocenters. The molecule has 2 nitrogen and oxygen atoms in total. The minimum Gasteiger partial charge on any atom is -0.492 e. The largest absolute Gasteiger partial charge is 0.492 e. The van der Waals surface area contributed by atoms with Crippen LogP contribution in [0.2, 0.25) is 0 Å². The van der Waals surface area contributed by atoms with Crippen LogP contribution in [-0.2, 0) is 13.0 Å². The minimum atomic E-state index is 0.812. The first-order chi connectivity index (χ1) is 11.3. The molecular formula is C20H20BrNO. The van der Waals surface area contributed by atoms with Gasteiger partial charge in [-0.3, -0.25) is 4.90 Å². The van der Waals surface area contributed by atoms with E-state index in [9.17, 15) is 0 Å². The summed E-state index contributed by atoms with van der Waals surface area (Å²) < 4.78 is 7.04. The van der Waals surface area contributed by atoms with E-state index in [1.165, 1.54) is 22.3 Å². The first kappa shape index (κ1) is 15.0. The van der Waals surface area contributed by atoms with E-state index >= 15 is 0 Å². The molecule has 0 saturated carbocycles. The van der Waals surface area contributed by atoms with Crippen LogP contribution in [0, 0.1) is 0 Å². The van der Waals surface area contributed by atoms with Gasteiger partial charge in [-0.2, -0.15) is 0 Å². The summed E-state index contributed by atoms with van der Waals surface area (Å²) in [5, 5.41) is 0. The maximum atomic E-state index is 5.89. The van der Waals surface area contributed by atoms with Gasteiger partial charge in [0.2, 0.25) is 0 Å². The van der Waals surface area contributed by atoms with Gasteiger partial charge in [0.05, 0.1) is 6.61 Å². The molecule has 118 valence electrons. The van der Waals surface area contributed by atoms with Crippen molar-refractivity contribution >= 4 is 21.5 Å². The number of hydrogen-bond donors (Lipinski definition) is 0. The predicted molar refractivity (Wildman–Crippen MR) is 97.7 cm³/mol. The highest BCUT2D eigenvalue weighted by Crippen LogP contribution is 2.38. The lowest BCUT2D eigenvalue weighted by molar-refractivity contribution is 0.293. The van der Waals surface area contributed by atoms with Gasteiger partial charge in [0.15, 0.2) is 0 Å². The van der Waals surface area contributed by atoms with E-state index < -0.39 is 0 Å². The van der Waals surface area contributed by atoms with E-state index in [0.717, 1.165) is 49.3 Å². The van der Waals surface area contributed by atoms with Crippen molar-refractivity contribution in [3.05, 3.63) is 69.7 Å². The third kappa shape index (κ3) is 3.22. The van der Waals surface area contributed by atoms with Gasteiger partial charge in [-0.25, -0.2) is 0 Å². The zero-order chi connectivity index (χ0) is 15.6. The lowest BCUT2D eigenvalue weighted by Crippen LogP contribution is -2.28. The highest BCUT2D eigenvalue weighted by Gasteiger charge is 2.22. The zero-order valence-electron chi connectivity index (χ0n) is 13.1. The number of rotatable bonds is 3. The molecule has 2 heterocycles. The first-order valence-electron chi connectivity index (χ1n) is 8.20. The van der Waals surface area contributed by atoms with Crippen molar-refractivity contribution in [2.24, 2.45) is 0 Å². The van der Waals surface area contributed by atoms with Crippen LogP contribution in [0.1, 0.15) is 23.1 Å². The Balaban J connectivity index is 1.52. The molecule has 0 fully saturated rings. The van der Waals surface area contributed by atoms with E-state index in [2.05, 4.69) is 69.4 Å². The van der Waals surface area contributed by atoms with Crippen molar-refractivity contribution < 1.29 is 4.74 Å². The van der Waals surface area contributed by atoms with Gasteiger partial charge in [0, 0.05) is 36.1 Å². The molecular weight excluding hydrogens is 350 g/mol. The molecule has 0 spiro atoms. The van der Waals surface area contributed by atoms with Crippen LogP contribution in [0.15, 0.2) is 53.0 Å². The van der Waals surface area contributed by atoms with Crippen molar-refractivity contribution in [2.45, 2.75) is 19.4 Å². The van der Waals surface area contributed by atoms with Crippen LogP contribution in [-0.4, -0.2) is 24.6 Å². The lowest BCUT2D eigenvalue weighted by Gasteiger charge is -2.27. The Morgan fingerprint density at radius 1 is 1.09 bits per heavy atom. The van der Waals surface area contributed by atoms with Crippen LogP contribution in [0.4, 0.5) is 0 Å². The van der Waals surface area contributed by atoms with Gasteiger partial charge in [-0.15, -0.1) is 0 Å². The van der Waals surface area contributed by atoms with Crippen molar-refractivity contribution in [3.63, 3.8) is 0 Å². The molecule has 0 N–H and O–H groups in total. The van der Waals surface area contributed by atoms with E-state index in [1.807, 2.05) is 0 Å². The highest BCUT2D eigenvalue weighted by atomic mass is 79.9. The highest BCUT2D eigenvalue weighted by molar-refractivity contribution is 9.10. The van der Waals surface area contributed by atoms with Crippen molar-refractivity contribution in [3.8, 4) is 5.75 Å². The Kier molecular flexibility index (Phi) is 4.23. The summed E-state index contributed by atoms with van der Waals surface area (Å²) in [4.78, 5) is 2.50. The van der Waals surface area contributed by atoms with E-state index in [1.54, 1.807) is 0 Å². The molecule has 2 aliphatic rings. The normalized spacial score (nSPS) is 17.5. The van der Waals surface area contributed by atoms with Gasteiger partial charge in [0.25, 0.3) is 0 Å². The molecule has 2 aromatic rings. The van der Waals surface area contributed by atoms with Crippen LogP contribution in [0.25, 0.3) is 5.57 Å². The Bertz CT molecular complexity index is 739. The third-order valence-corrected chi connectivity index (χ3v) is 5.09. The molecule has 0 amide bonds. The van der Waals surface area contributed by atoms with Gasteiger partial charge in [-0.1, -0.05) is 52.3 Å². The summed E-state index contributed by atoms with van der Waals surface area (Å²) in [6, 6.07) is 15.1. The first-order valence-corrected chi connectivity index (χ1v) is 9.00. The number of hydrogen-bond acceptors (Lipinski definition) is 2. The Hall–Kier alpha value is -1.58. The Morgan fingerprint density at radius 2 is 1.96 bits per heavy atom. The predicted octanol–water partition coefficient (Wildman–Crippen LogP) is 4.67. The average Bonchev–Trinajstić information content (AvgIpc) is 3.04. The number of fused-ring (bicyclic) bond motifs is 1. The molecule has 2 aromatic carbocycles. The summed E-state index contributed by atoms with van der Waals surface area (Å²) in [5.74, 6) is 1.11. The zero-order valence-corrected chi connectivity index (χ0v) is 14.7. The molecule has 0 aliphatic carbocycles.